The lowest BCUT2D eigenvalue weighted by atomic mass is 10.1. The van der Waals surface area contributed by atoms with Gasteiger partial charge >= 0.3 is 12.2 Å². The zero-order valence-corrected chi connectivity index (χ0v) is 18.7. The van der Waals surface area contributed by atoms with Gasteiger partial charge in [-0.15, -0.1) is 0 Å². The van der Waals surface area contributed by atoms with Gasteiger partial charge in [-0.2, -0.15) is 13.2 Å². The van der Waals surface area contributed by atoms with Crippen LogP contribution in [0, 0.1) is 0 Å². The lowest BCUT2D eigenvalue weighted by Gasteiger charge is -2.30. The molecule has 0 saturated carbocycles. The molecule has 0 fully saturated rings. The molecule has 11 heteroatoms. The number of nitrogens with zero attached hydrogens (tertiary/aromatic N) is 3. The van der Waals surface area contributed by atoms with Crippen LogP contribution in [0.25, 0.3) is 0 Å². The molecule has 0 spiro atoms. The molecule has 36 heavy (non-hydrogen) atoms. The summed E-state index contributed by atoms with van der Waals surface area (Å²) in [6.07, 6.45) is -0.684. The van der Waals surface area contributed by atoms with Gasteiger partial charge in [0.15, 0.2) is 0 Å². The third kappa shape index (κ3) is 5.19. The van der Waals surface area contributed by atoms with Gasteiger partial charge in [-0.25, -0.2) is 9.78 Å². The maximum absolute atomic E-state index is 13.4. The summed E-state index contributed by atoms with van der Waals surface area (Å²) in [7, 11) is 0. The van der Waals surface area contributed by atoms with E-state index in [-0.39, 0.29) is 24.5 Å². The predicted octanol–water partition coefficient (Wildman–Crippen LogP) is 4.21. The van der Waals surface area contributed by atoms with Crippen molar-refractivity contribution in [3.8, 4) is 0 Å². The van der Waals surface area contributed by atoms with Gasteiger partial charge in [-0.1, -0.05) is 24.3 Å². The SMILES string of the molecule is Nc1ccc(CNC(=O)c2ccc(N3C=CCN(C(=O)c4ccccc4C(F)(F)F)C3=O)nc2)cc1. The number of benzene rings is 2. The van der Waals surface area contributed by atoms with Gasteiger partial charge < -0.3 is 11.1 Å². The Hall–Kier alpha value is -4.67. The topological polar surface area (TPSA) is 109 Å². The Labute approximate surface area is 203 Å². The van der Waals surface area contributed by atoms with Gasteiger partial charge in [0.2, 0.25) is 0 Å². The molecule has 3 aromatic rings. The summed E-state index contributed by atoms with van der Waals surface area (Å²) in [5, 5.41) is 2.74. The molecular weight excluding hydrogens is 475 g/mol. The number of aromatic nitrogens is 1. The Morgan fingerprint density at radius 2 is 1.75 bits per heavy atom. The molecule has 8 nitrogen and oxygen atoms in total. The van der Waals surface area contributed by atoms with Crippen molar-refractivity contribution in [2.75, 3.05) is 17.2 Å². The Kier molecular flexibility index (Phi) is 6.73. The van der Waals surface area contributed by atoms with Crippen LogP contribution in [-0.4, -0.2) is 34.3 Å². The highest BCUT2D eigenvalue weighted by Crippen LogP contribution is 2.33. The molecule has 0 bridgehead atoms. The number of nitrogens with one attached hydrogen (secondary N) is 1. The number of nitrogens with two attached hydrogens (primary N) is 1. The van der Waals surface area contributed by atoms with Crippen molar-refractivity contribution in [2.24, 2.45) is 0 Å². The fraction of sp³-hybridized carbons (Fsp3) is 0.120. The quantitative estimate of drug-likeness (QED) is 0.516. The van der Waals surface area contributed by atoms with Crippen molar-refractivity contribution in [1.82, 2.24) is 15.2 Å². The van der Waals surface area contributed by atoms with Crippen LogP contribution in [0.4, 0.5) is 29.5 Å². The first-order valence-electron chi connectivity index (χ1n) is 10.7. The first-order valence-corrected chi connectivity index (χ1v) is 10.7. The second-order valence-corrected chi connectivity index (χ2v) is 7.83. The van der Waals surface area contributed by atoms with E-state index in [0.717, 1.165) is 22.6 Å². The smallest absolute Gasteiger partial charge is 0.399 e. The third-order valence-corrected chi connectivity index (χ3v) is 5.38. The summed E-state index contributed by atoms with van der Waals surface area (Å²) < 4.78 is 40.1. The first kappa shape index (κ1) is 24.5. The Balaban J connectivity index is 1.47. The number of nitrogen functional groups attached to an aromatic ring is 1. The highest BCUT2D eigenvalue weighted by atomic mass is 19.4. The number of hydrogen-bond donors (Lipinski definition) is 2. The molecule has 0 unspecified atom stereocenters. The Morgan fingerprint density at radius 1 is 1.03 bits per heavy atom. The number of imide groups is 1. The summed E-state index contributed by atoms with van der Waals surface area (Å²) in [6, 6.07) is 13.3. The largest absolute Gasteiger partial charge is 0.417 e. The van der Waals surface area contributed by atoms with Crippen LogP contribution in [0.15, 0.2) is 79.1 Å². The van der Waals surface area contributed by atoms with E-state index in [1.54, 1.807) is 24.3 Å². The molecule has 1 aromatic heterocycles. The van der Waals surface area contributed by atoms with E-state index in [9.17, 15) is 27.6 Å². The van der Waals surface area contributed by atoms with Crippen molar-refractivity contribution < 1.29 is 27.6 Å². The average molecular weight is 495 g/mol. The van der Waals surface area contributed by atoms with Gasteiger partial charge in [-0.3, -0.25) is 19.4 Å². The van der Waals surface area contributed by atoms with Crippen molar-refractivity contribution in [2.45, 2.75) is 12.7 Å². The Bertz CT molecular complexity index is 1320. The third-order valence-electron chi connectivity index (χ3n) is 5.38. The standard InChI is InChI=1S/C25H20F3N5O3/c26-25(27,28)20-5-2-1-4-19(20)23(35)33-13-3-12-32(24(33)36)21-11-8-17(15-30-21)22(34)31-14-16-6-9-18(29)10-7-16/h1-12,15H,13-14,29H2,(H,31,34). The molecule has 2 aromatic carbocycles. The summed E-state index contributed by atoms with van der Waals surface area (Å²) in [4.78, 5) is 44.1. The molecule has 4 rings (SSSR count). The van der Waals surface area contributed by atoms with E-state index in [2.05, 4.69) is 10.3 Å². The van der Waals surface area contributed by atoms with Crippen molar-refractivity contribution >= 4 is 29.4 Å². The van der Waals surface area contributed by atoms with Gasteiger partial charge in [0.25, 0.3) is 11.8 Å². The van der Waals surface area contributed by atoms with Crippen LogP contribution >= 0.6 is 0 Å². The molecule has 0 radical (unpaired) electrons. The van der Waals surface area contributed by atoms with Crippen molar-refractivity contribution in [3.63, 3.8) is 0 Å². The van der Waals surface area contributed by atoms with Gasteiger partial charge in [-0.05, 0) is 48.0 Å². The number of rotatable bonds is 5. The van der Waals surface area contributed by atoms with Crippen molar-refractivity contribution in [1.29, 1.82) is 0 Å². The highest BCUT2D eigenvalue weighted by Gasteiger charge is 2.38. The summed E-state index contributed by atoms with van der Waals surface area (Å²) in [5.74, 6) is -1.39. The van der Waals surface area contributed by atoms with Crippen LogP contribution < -0.4 is 16.0 Å². The van der Waals surface area contributed by atoms with E-state index in [0.29, 0.717) is 10.6 Å². The first-order chi connectivity index (χ1) is 17.1. The van der Waals surface area contributed by atoms with Crippen LogP contribution in [-0.2, 0) is 12.7 Å². The molecule has 1 aliphatic rings. The van der Waals surface area contributed by atoms with E-state index < -0.39 is 35.1 Å². The maximum atomic E-state index is 13.4. The number of hydrogen-bond acceptors (Lipinski definition) is 5. The summed E-state index contributed by atoms with van der Waals surface area (Å²) in [5.41, 5.74) is 5.57. The fourth-order valence-electron chi connectivity index (χ4n) is 3.52. The van der Waals surface area contributed by atoms with E-state index in [1.807, 2.05) is 0 Å². The van der Waals surface area contributed by atoms with Gasteiger partial charge in [0, 0.05) is 24.6 Å². The van der Waals surface area contributed by atoms with Crippen LogP contribution in [0.5, 0.6) is 0 Å². The second kappa shape index (κ2) is 9.90. The number of carbonyl (C=O) groups is 3. The molecular formula is C25H20F3N5O3. The number of pyridine rings is 1. The predicted molar refractivity (Wildman–Crippen MR) is 126 cm³/mol. The molecule has 2 heterocycles. The molecule has 184 valence electrons. The minimum atomic E-state index is -4.76. The second-order valence-electron chi connectivity index (χ2n) is 7.83. The van der Waals surface area contributed by atoms with E-state index in [1.165, 1.54) is 42.7 Å². The van der Waals surface area contributed by atoms with Crippen LogP contribution in [0.2, 0.25) is 0 Å². The van der Waals surface area contributed by atoms with E-state index in [4.69, 9.17) is 5.73 Å². The number of halogens is 3. The number of alkyl halides is 3. The number of carbonyl (C=O) groups excluding carboxylic acids is 3. The van der Waals surface area contributed by atoms with E-state index >= 15 is 0 Å². The minimum absolute atomic E-state index is 0.0907. The number of anilines is 2. The zero-order valence-electron chi connectivity index (χ0n) is 18.7. The van der Waals surface area contributed by atoms with Crippen molar-refractivity contribution in [3.05, 3.63) is 101 Å². The molecule has 1 aliphatic heterocycles. The van der Waals surface area contributed by atoms with Gasteiger partial charge in [0.1, 0.15) is 5.82 Å². The molecule has 3 N–H and O–H groups in total. The van der Waals surface area contributed by atoms with Gasteiger partial charge in [0.05, 0.1) is 23.2 Å². The zero-order chi connectivity index (χ0) is 25.9. The Morgan fingerprint density at radius 3 is 2.42 bits per heavy atom. The molecule has 0 saturated heterocycles. The highest BCUT2D eigenvalue weighted by molar-refractivity contribution is 6.10. The molecule has 0 atom stereocenters. The average Bonchev–Trinajstić information content (AvgIpc) is 2.87. The molecule has 0 aliphatic carbocycles. The number of urea groups is 1. The summed E-state index contributed by atoms with van der Waals surface area (Å²) >= 11 is 0. The lowest BCUT2D eigenvalue weighted by molar-refractivity contribution is -0.138. The van der Waals surface area contributed by atoms with Crippen LogP contribution in [0.3, 0.4) is 0 Å². The fourth-order valence-corrected chi connectivity index (χ4v) is 3.52. The normalized spacial score (nSPS) is 13.6. The summed E-state index contributed by atoms with van der Waals surface area (Å²) in [6.45, 7) is 0.0661. The lowest BCUT2D eigenvalue weighted by Crippen LogP contribution is -2.47. The minimum Gasteiger partial charge on any atom is -0.399 e. The molecule has 4 amide bonds. The van der Waals surface area contributed by atoms with Crippen LogP contribution in [0.1, 0.15) is 31.8 Å². The monoisotopic (exact) mass is 495 g/mol. The maximum Gasteiger partial charge on any atom is 0.417 e. The number of amides is 4.